The zero-order valence-corrected chi connectivity index (χ0v) is 14.1. The minimum atomic E-state index is -0.536. The number of carbonyl (C=O) groups is 1. The summed E-state index contributed by atoms with van der Waals surface area (Å²) in [4.78, 5) is 22.3. The van der Waals surface area contributed by atoms with Crippen molar-refractivity contribution in [3.8, 4) is 11.5 Å². The van der Waals surface area contributed by atoms with Crippen molar-refractivity contribution in [3.63, 3.8) is 0 Å². The zero-order chi connectivity index (χ0) is 18.5. The van der Waals surface area contributed by atoms with Gasteiger partial charge in [0, 0.05) is 17.7 Å². The molecule has 0 atom stereocenters. The molecule has 8 heteroatoms. The van der Waals surface area contributed by atoms with Crippen LogP contribution in [0.1, 0.15) is 16.1 Å². The number of nitro groups is 1. The number of carbonyl (C=O) groups excluding carboxylic acids is 1. The van der Waals surface area contributed by atoms with Gasteiger partial charge in [-0.1, -0.05) is 11.6 Å². The number of ether oxygens (including phenoxy) is 1. The molecule has 1 aromatic heterocycles. The SMILES string of the molecule is O=C(NCc1ccco1)c1ccc(Oc2ccc([N+](=O)[O-])cc2Cl)cc1. The first-order valence-electron chi connectivity index (χ1n) is 7.55. The lowest BCUT2D eigenvalue weighted by Crippen LogP contribution is -2.22. The number of hydrogen-bond donors (Lipinski definition) is 1. The van der Waals surface area contributed by atoms with Crippen LogP contribution in [0, 0.1) is 10.1 Å². The Morgan fingerprint density at radius 2 is 1.96 bits per heavy atom. The van der Waals surface area contributed by atoms with Gasteiger partial charge in [-0.15, -0.1) is 0 Å². The van der Waals surface area contributed by atoms with Gasteiger partial charge in [-0.25, -0.2) is 0 Å². The summed E-state index contributed by atoms with van der Waals surface area (Å²) in [6, 6.07) is 13.9. The maximum absolute atomic E-state index is 12.1. The van der Waals surface area contributed by atoms with Gasteiger partial charge >= 0.3 is 0 Å². The van der Waals surface area contributed by atoms with Crippen LogP contribution in [0.3, 0.4) is 0 Å². The molecule has 0 saturated carbocycles. The molecule has 132 valence electrons. The first kappa shape index (κ1) is 17.5. The summed E-state index contributed by atoms with van der Waals surface area (Å²) in [5.74, 6) is 1.14. The smallest absolute Gasteiger partial charge is 0.271 e. The molecule has 0 saturated heterocycles. The van der Waals surface area contributed by atoms with Crippen molar-refractivity contribution in [1.29, 1.82) is 0 Å². The maximum Gasteiger partial charge on any atom is 0.271 e. The molecule has 3 aromatic rings. The minimum Gasteiger partial charge on any atom is -0.467 e. The van der Waals surface area contributed by atoms with Gasteiger partial charge in [-0.3, -0.25) is 14.9 Å². The summed E-state index contributed by atoms with van der Waals surface area (Å²) < 4.78 is 10.7. The maximum atomic E-state index is 12.1. The summed E-state index contributed by atoms with van der Waals surface area (Å²) in [6.07, 6.45) is 1.54. The number of hydrogen-bond acceptors (Lipinski definition) is 5. The van der Waals surface area contributed by atoms with E-state index in [-0.39, 0.29) is 22.4 Å². The predicted molar refractivity (Wildman–Crippen MR) is 94.5 cm³/mol. The van der Waals surface area contributed by atoms with E-state index >= 15 is 0 Å². The fourth-order valence-electron chi connectivity index (χ4n) is 2.17. The highest BCUT2D eigenvalue weighted by molar-refractivity contribution is 6.32. The average molecular weight is 373 g/mol. The highest BCUT2D eigenvalue weighted by Gasteiger charge is 2.12. The second-order valence-corrected chi connectivity index (χ2v) is 5.67. The van der Waals surface area contributed by atoms with Crippen LogP contribution < -0.4 is 10.1 Å². The molecule has 0 aliphatic rings. The third-order valence-corrected chi connectivity index (χ3v) is 3.77. The molecule has 2 aromatic carbocycles. The number of halogens is 1. The lowest BCUT2D eigenvalue weighted by atomic mass is 10.2. The molecule has 1 heterocycles. The van der Waals surface area contributed by atoms with Gasteiger partial charge in [0.25, 0.3) is 11.6 Å². The van der Waals surface area contributed by atoms with Gasteiger partial charge in [-0.2, -0.15) is 0 Å². The van der Waals surface area contributed by atoms with Crippen LogP contribution in [0.15, 0.2) is 65.3 Å². The Hall–Kier alpha value is -3.32. The summed E-state index contributed by atoms with van der Waals surface area (Å²) >= 11 is 5.99. The molecular formula is C18H13ClN2O5. The van der Waals surface area contributed by atoms with Crippen LogP contribution in [0.25, 0.3) is 0 Å². The Labute approximate surface area is 153 Å². The second-order valence-electron chi connectivity index (χ2n) is 5.26. The van der Waals surface area contributed by atoms with Crippen molar-refractivity contribution in [2.24, 2.45) is 0 Å². The van der Waals surface area contributed by atoms with Crippen LogP contribution in [0.2, 0.25) is 5.02 Å². The molecule has 1 amide bonds. The Balaban J connectivity index is 1.64. The number of non-ortho nitro benzene ring substituents is 1. The lowest BCUT2D eigenvalue weighted by molar-refractivity contribution is -0.384. The fraction of sp³-hybridized carbons (Fsp3) is 0.0556. The van der Waals surface area contributed by atoms with Crippen molar-refractivity contribution in [2.45, 2.75) is 6.54 Å². The minimum absolute atomic E-state index is 0.120. The van der Waals surface area contributed by atoms with Crippen molar-refractivity contribution >= 4 is 23.2 Å². The molecule has 0 unspecified atom stereocenters. The number of nitrogens with zero attached hydrogens (tertiary/aromatic N) is 1. The van der Waals surface area contributed by atoms with E-state index in [4.69, 9.17) is 20.8 Å². The van der Waals surface area contributed by atoms with Crippen LogP contribution >= 0.6 is 11.6 Å². The third kappa shape index (κ3) is 4.20. The Bertz CT molecular complexity index is 923. The third-order valence-electron chi connectivity index (χ3n) is 3.47. The van der Waals surface area contributed by atoms with E-state index in [2.05, 4.69) is 5.32 Å². The molecule has 0 fully saturated rings. The van der Waals surface area contributed by atoms with E-state index in [1.54, 1.807) is 36.4 Å². The number of amides is 1. The number of benzene rings is 2. The van der Waals surface area contributed by atoms with E-state index in [0.29, 0.717) is 23.6 Å². The predicted octanol–water partition coefficient (Wildman–Crippen LogP) is 4.56. The van der Waals surface area contributed by atoms with Gasteiger partial charge in [0.1, 0.15) is 17.3 Å². The van der Waals surface area contributed by atoms with E-state index in [1.165, 1.54) is 24.5 Å². The highest BCUT2D eigenvalue weighted by Crippen LogP contribution is 2.32. The molecular weight excluding hydrogens is 360 g/mol. The Kier molecular flexibility index (Phi) is 5.19. The number of furan rings is 1. The molecule has 7 nitrogen and oxygen atoms in total. The van der Waals surface area contributed by atoms with E-state index < -0.39 is 4.92 Å². The monoisotopic (exact) mass is 372 g/mol. The van der Waals surface area contributed by atoms with Gasteiger partial charge in [0.15, 0.2) is 0 Å². The largest absolute Gasteiger partial charge is 0.467 e. The molecule has 0 spiro atoms. The molecule has 3 rings (SSSR count). The van der Waals surface area contributed by atoms with Gasteiger partial charge < -0.3 is 14.5 Å². The van der Waals surface area contributed by atoms with Crippen molar-refractivity contribution in [2.75, 3.05) is 0 Å². The summed E-state index contributed by atoms with van der Waals surface area (Å²) in [5, 5.41) is 13.6. The summed E-state index contributed by atoms with van der Waals surface area (Å²) in [5.41, 5.74) is 0.338. The molecule has 1 N–H and O–H groups in total. The van der Waals surface area contributed by atoms with Crippen LogP contribution in [-0.2, 0) is 6.54 Å². The molecule has 26 heavy (non-hydrogen) atoms. The van der Waals surface area contributed by atoms with Gasteiger partial charge in [0.2, 0.25) is 0 Å². The summed E-state index contributed by atoms with van der Waals surface area (Å²) in [6.45, 7) is 0.294. The topological polar surface area (TPSA) is 94.6 Å². The van der Waals surface area contributed by atoms with Crippen molar-refractivity contribution < 1.29 is 18.9 Å². The highest BCUT2D eigenvalue weighted by atomic mass is 35.5. The Morgan fingerprint density at radius 3 is 2.58 bits per heavy atom. The standard InChI is InChI=1S/C18H13ClN2O5/c19-16-10-13(21(23)24)5-8-17(16)26-14-6-3-12(4-7-14)18(22)20-11-15-2-1-9-25-15/h1-10H,11H2,(H,20,22). The van der Waals surface area contributed by atoms with E-state index in [1.807, 2.05) is 0 Å². The second kappa shape index (κ2) is 7.71. The van der Waals surface area contributed by atoms with Gasteiger partial charge in [0.05, 0.1) is 22.8 Å². The number of rotatable bonds is 6. The first-order chi connectivity index (χ1) is 12.5. The van der Waals surface area contributed by atoms with Gasteiger partial charge in [-0.05, 0) is 42.5 Å². The summed E-state index contributed by atoms with van der Waals surface area (Å²) in [7, 11) is 0. The van der Waals surface area contributed by atoms with Crippen molar-refractivity contribution in [1.82, 2.24) is 5.32 Å². The molecule has 0 radical (unpaired) electrons. The zero-order valence-electron chi connectivity index (χ0n) is 13.3. The first-order valence-corrected chi connectivity index (χ1v) is 7.93. The fourth-order valence-corrected chi connectivity index (χ4v) is 2.38. The van der Waals surface area contributed by atoms with Crippen LogP contribution in [0.5, 0.6) is 11.5 Å². The molecule has 0 bridgehead atoms. The average Bonchev–Trinajstić information content (AvgIpc) is 3.15. The van der Waals surface area contributed by atoms with Crippen LogP contribution in [0.4, 0.5) is 5.69 Å². The Morgan fingerprint density at radius 1 is 1.19 bits per heavy atom. The molecule has 0 aliphatic carbocycles. The number of nitro benzene ring substituents is 1. The normalized spacial score (nSPS) is 10.3. The number of nitrogens with one attached hydrogen (secondary N) is 1. The quantitative estimate of drug-likeness (QED) is 0.505. The lowest BCUT2D eigenvalue weighted by Gasteiger charge is -2.08. The van der Waals surface area contributed by atoms with E-state index in [0.717, 1.165) is 0 Å². The van der Waals surface area contributed by atoms with Crippen LogP contribution in [-0.4, -0.2) is 10.8 Å². The van der Waals surface area contributed by atoms with Crippen molar-refractivity contribution in [3.05, 3.63) is 87.3 Å². The van der Waals surface area contributed by atoms with E-state index in [9.17, 15) is 14.9 Å². The molecule has 0 aliphatic heterocycles.